The number of nitrogens with two attached hydrogens (primary N) is 1. The van der Waals surface area contributed by atoms with Crippen LogP contribution in [0.25, 0.3) is 0 Å². The molecule has 1 unspecified atom stereocenters. The van der Waals surface area contributed by atoms with Gasteiger partial charge in [-0.25, -0.2) is 0 Å². The summed E-state index contributed by atoms with van der Waals surface area (Å²) in [5.41, 5.74) is 9.55. The molecule has 0 saturated heterocycles. The molecule has 0 amide bonds. The van der Waals surface area contributed by atoms with E-state index in [1.807, 2.05) is 11.7 Å². The zero-order valence-electron chi connectivity index (χ0n) is 13.6. The van der Waals surface area contributed by atoms with Crippen LogP contribution in [0.3, 0.4) is 0 Å². The van der Waals surface area contributed by atoms with Gasteiger partial charge in [-0.2, -0.15) is 10.2 Å². The van der Waals surface area contributed by atoms with Crippen molar-refractivity contribution in [2.24, 2.45) is 12.8 Å². The molecule has 2 aromatic rings. The van der Waals surface area contributed by atoms with Gasteiger partial charge < -0.3 is 5.73 Å². The number of aryl methyl sites for hydroxylation is 2. The van der Waals surface area contributed by atoms with Crippen molar-refractivity contribution in [3.63, 3.8) is 0 Å². The van der Waals surface area contributed by atoms with Crippen LogP contribution in [0.5, 0.6) is 0 Å². The Hall–Kier alpha value is -1.62. The molecule has 5 nitrogen and oxygen atoms in total. The average molecular weight is 289 g/mol. The van der Waals surface area contributed by atoms with E-state index in [0.717, 1.165) is 42.8 Å². The molecule has 0 aliphatic carbocycles. The minimum absolute atomic E-state index is 0.0622. The van der Waals surface area contributed by atoms with E-state index in [1.165, 1.54) is 0 Å². The molecule has 2 heterocycles. The van der Waals surface area contributed by atoms with Crippen molar-refractivity contribution in [2.45, 2.75) is 58.5 Å². The fraction of sp³-hybridized carbons (Fsp3) is 0.625. The minimum atomic E-state index is -0.0622. The van der Waals surface area contributed by atoms with Crippen LogP contribution in [0.2, 0.25) is 0 Å². The molecule has 0 aromatic carbocycles. The highest BCUT2D eigenvalue weighted by Gasteiger charge is 2.15. The second-order valence-corrected chi connectivity index (χ2v) is 5.61. The van der Waals surface area contributed by atoms with Crippen molar-refractivity contribution < 1.29 is 0 Å². The van der Waals surface area contributed by atoms with Crippen LogP contribution < -0.4 is 5.73 Å². The quantitative estimate of drug-likeness (QED) is 0.852. The monoisotopic (exact) mass is 289 g/mol. The van der Waals surface area contributed by atoms with Gasteiger partial charge in [0.2, 0.25) is 0 Å². The van der Waals surface area contributed by atoms with Gasteiger partial charge in [0.05, 0.1) is 29.2 Å². The van der Waals surface area contributed by atoms with Gasteiger partial charge >= 0.3 is 0 Å². The van der Waals surface area contributed by atoms with Crippen LogP contribution in [0.4, 0.5) is 0 Å². The topological polar surface area (TPSA) is 61.7 Å². The van der Waals surface area contributed by atoms with Crippen molar-refractivity contribution in [1.82, 2.24) is 19.6 Å². The maximum atomic E-state index is 6.34. The van der Waals surface area contributed by atoms with E-state index in [-0.39, 0.29) is 6.04 Å². The predicted octanol–water partition coefficient (Wildman–Crippen LogP) is 2.78. The molecule has 116 valence electrons. The van der Waals surface area contributed by atoms with Crippen molar-refractivity contribution in [2.75, 3.05) is 0 Å². The lowest BCUT2D eigenvalue weighted by Gasteiger charge is -2.13. The summed E-state index contributed by atoms with van der Waals surface area (Å²) >= 11 is 0. The fourth-order valence-electron chi connectivity index (χ4n) is 2.75. The van der Waals surface area contributed by atoms with E-state index in [4.69, 9.17) is 5.73 Å². The van der Waals surface area contributed by atoms with Crippen LogP contribution in [0.1, 0.15) is 62.8 Å². The predicted molar refractivity (Wildman–Crippen MR) is 85.1 cm³/mol. The molecule has 0 aliphatic rings. The molecular weight excluding hydrogens is 262 g/mol. The molecule has 2 aromatic heterocycles. The summed E-state index contributed by atoms with van der Waals surface area (Å²) in [4.78, 5) is 0. The minimum Gasteiger partial charge on any atom is -0.322 e. The van der Waals surface area contributed by atoms with Gasteiger partial charge in [0.15, 0.2) is 0 Å². The van der Waals surface area contributed by atoms with E-state index in [2.05, 4.69) is 54.0 Å². The van der Waals surface area contributed by atoms with Crippen molar-refractivity contribution >= 4 is 0 Å². The highest BCUT2D eigenvalue weighted by atomic mass is 15.3. The van der Waals surface area contributed by atoms with Crippen LogP contribution in [-0.4, -0.2) is 19.6 Å². The van der Waals surface area contributed by atoms with E-state index >= 15 is 0 Å². The molecule has 0 saturated carbocycles. The van der Waals surface area contributed by atoms with Gasteiger partial charge in [-0.05, 0) is 31.4 Å². The Labute approximate surface area is 127 Å². The first-order valence-corrected chi connectivity index (χ1v) is 7.91. The summed E-state index contributed by atoms with van der Waals surface area (Å²) in [5.74, 6) is 0. The summed E-state index contributed by atoms with van der Waals surface area (Å²) in [7, 11) is 1.96. The molecule has 21 heavy (non-hydrogen) atoms. The van der Waals surface area contributed by atoms with Gasteiger partial charge in [-0.1, -0.05) is 20.8 Å². The molecule has 0 aliphatic heterocycles. The van der Waals surface area contributed by atoms with Crippen LogP contribution in [-0.2, 0) is 19.9 Å². The summed E-state index contributed by atoms with van der Waals surface area (Å²) in [6.45, 7) is 6.50. The largest absolute Gasteiger partial charge is 0.322 e. The van der Waals surface area contributed by atoms with Gasteiger partial charge in [0.25, 0.3) is 0 Å². The van der Waals surface area contributed by atoms with Crippen LogP contribution in [0.15, 0.2) is 18.3 Å². The van der Waals surface area contributed by atoms with Crippen LogP contribution in [0, 0.1) is 0 Å². The van der Waals surface area contributed by atoms with Gasteiger partial charge in [0.1, 0.15) is 0 Å². The van der Waals surface area contributed by atoms with E-state index in [9.17, 15) is 0 Å². The number of nitrogens with zero attached hydrogens (tertiary/aromatic N) is 4. The molecule has 0 spiro atoms. The molecule has 0 bridgehead atoms. The highest BCUT2D eigenvalue weighted by molar-refractivity contribution is 5.16. The molecule has 1 atom stereocenters. The Balaban J connectivity index is 2.08. The number of hydrogen-bond acceptors (Lipinski definition) is 3. The normalized spacial score (nSPS) is 13.0. The SMILES string of the molecule is CCc1cc(C(N)Cc2ccn(C(CC)CC)n2)n(C)n1. The zero-order chi connectivity index (χ0) is 15.4. The van der Waals surface area contributed by atoms with E-state index in [1.54, 1.807) is 0 Å². The third kappa shape index (κ3) is 3.53. The molecular formula is C16H27N5. The third-order valence-corrected chi connectivity index (χ3v) is 4.12. The average Bonchev–Trinajstić information content (AvgIpc) is 3.07. The second-order valence-electron chi connectivity index (χ2n) is 5.61. The first-order valence-electron chi connectivity index (χ1n) is 7.91. The lowest BCUT2D eigenvalue weighted by molar-refractivity contribution is 0.424. The molecule has 0 radical (unpaired) electrons. The first-order chi connectivity index (χ1) is 10.1. The summed E-state index contributed by atoms with van der Waals surface area (Å²) in [5, 5.41) is 9.14. The second kappa shape index (κ2) is 6.89. The summed E-state index contributed by atoms with van der Waals surface area (Å²) in [6.07, 6.45) is 5.96. The van der Waals surface area contributed by atoms with Gasteiger partial charge in [-0.3, -0.25) is 9.36 Å². The van der Waals surface area contributed by atoms with E-state index in [0.29, 0.717) is 6.04 Å². The maximum Gasteiger partial charge on any atom is 0.0644 e. The molecule has 2 rings (SSSR count). The van der Waals surface area contributed by atoms with Gasteiger partial charge in [0, 0.05) is 19.7 Å². The fourth-order valence-corrected chi connectivity index (χ4v) is 2.75. The van der Waals surface area contributed by atoms with Crippen molar-refractivity contribution in [1.29, 1.82) is 0 Å². The maximum absolute atomic E-state index is 6.34. The smallest absolute Gasteiger partial charge is 0.0644 e. The number of rotatable bonds is 7. The Bertz CT molecular complexity index is 565. The Morgan fingerprint density at radius 2 is 1.86 bits per heavy atom. The number of aromatic nitrogens is 4. The Morgan fingerprint density at radius 3 is 2.43 bits per heavy atom. The summed E-state index contributed by atoms with van der Waals surface area (Å²) in [6, 6.07) is 4.60. The molecule has 0 fully saturated rings. The molecule has 2 N–H and O–H groups in total. The number of hydrogen-bond donors (Lipinski definition) is 1. The first kappa shape index (κ1) is 15.8. The lowest BCUT2D eigenvalue weighted by Crippen LogP contribution is -2.17. The third-order valence-electron chi connectivity index (χ3n) is 4.12. The van der Waals surface area contributed by atoms with Crippen molar-refractivity contribution in [3.8, 4) is 0 Å². The van der Waals surface area contributed by atoms with Crippen molar-refractivity contribution in [3.05, 3.63) is 35.4 Å². The molecule has 5 heteroatoms. The zero-order valence-corrected chi connectivity index (χ0v) is 13.6. The standard InChI is InChI=1S/C16H27N5/c1-5-12-11-16(20(4)18-12)15(17)10-13-8-9-21(19-13)14(6-2)7-3/h8-9,11,14-15H,5-7,10,17H2,1-4H3. The lowest BCUT2D eigenvalue weighted by atomic mass is 10.1. The Morgan fingerprint density at radius 1 is 1.14 bits per heavy atom. The van der Waals surface area contributed by atoms with Gasteiger partial charge in [-0.15, -0.1) is 0 Å². The van der Waals surface area contributed by atoms with E-state index < -0.39 is 0 Å². The highest BCUT2D eigenvalue weighted by Crippen LogP contribution is 2.19. The Kier molecular flexibility index (Phi) is 5.17. The summed E-state index contributed by atoms with van der Waals surface area (Å²) < 4.78 is 3.96. The van der Waals surface area contributed by atoms with Crippen LogP contribution >= 0.6 is 0 Å².